The highest BCUT2D eigenvalue weighted by atomic mass is 16.6. The third kappa shape index (κ3) is 8.55. The number of fused-ring (bicyclic) bond motifs is 5. The number of carbonyl (C=O) groups is 4. The van der Waals surface area contributed by atoms with E-state index >= 15 is 0 Å². The zero-order chi connectivity index (χ0) is 39.4. The van der Waals surface area contributed by atoms with Crippen molar-refractivity contribution in [2.24, 2.45) is 22.9 Å². The van der Waals surface area contributed by atoms with Crippen LogP contribution in [0.1, 0.15) is 95.5 Å². The third-order valence-electron chi connectivity index (χ3n) is 13.1. The van der Waals surface area contributed by atoms with E-state index in [-0.39, 0.29) is 42.7 Å². The summed E-state index contributed by atoms with van der Waals surface area (Å²) in [7, 11) is 0. The maximum atomic E-state index is 14.8. The topological polar surface area (TPSA) is 164 Å². The maximum absolute atomic E-state index is 14.8. The molecule has 6 aliphatic rings. The van der Waals surface area contributed by atoms with Gasteiger partial charge < -0.3 is 39.4 Å². The summed E-state index contributed by atoms with van der Waals surface area (Å²) in [6, 6.07) is 6.12. The molecule has 0 radical (unpaired) electrons. The molecule has 8 rings (SSSR count). The second kappa shape index (κ2) is 17.3. The second-order valence-electron chi connectivity index (χ2n) is 16.9. The molecule has 14 nitrogen and oxygen atoms in total. The van der Waals surface area contributed by atoms with Gasteiger partial charge in [0.25, 0.3) is 0 Å². The second-order valence-corrected chi connectivity index (χ2v) is 16.9. The van der Waals surface area contributed by atoms with Gasteiger partial charge in [-0.2, -0.15) is 5.10 Å². The first-order valence-corrected chi connectivity index (χ1v) is 21.3. The molecule has 3 aliphatic carbocycles. The smallest absolute Gasteiger partial charge is 0.408 e. The predicted molar refractivity (Wildman–Crippen MR) is 213 cm³/mol. The fourth-order valence-corrected chi connectivity index (χ4v) is 9.83. The zero-order valence-corrected chi connectivity index (χ0v) is 32.9. The summed E-state index contributed by atoms with van der Waals surface area (Å²) >= 11 is 0. The Labute approximate surface area is 334 Å². The van der Waals surface area contributed by atoms with Gasteiger partial charge in [-0.05, 0) is 88.2 Å². The lowest BCUT2D eigenvalue weighted by molar-refractivity contribution is -0.141. The van der Waals surface area contributed by atoms with Crippen LogP contribution in [-0.2, 0) is 25.5 Å². The number of amides is 3. The highest BCUT2D eigenvalue weighted by Gasteiger charge is 2.56. The quantitative estimate of drug-likeness (QED) is 0.170. The molecule has 2 aromatic rings. The molecule has 1 aromatic carbocycles. The van der Waals surface area contributed by atoms with E-state index in [1.165, 1.54) is 0 Å². The van der Waals surface area contributed by atoms with E-state index in [2.05, 4.69) is 32.6 Å². The van der Waals surface area contributed by atoms with Gasteiger partial charge in [0.15, 0.2) is 0 Å². The van der Waals surface area contributed by atoms with Gasteiger partial charge >= 0.3 is 6.09 Å². The molecule has 14 heteroatoms. The van der Waals surface area contributed by atoms with Crippen molar-refractivity contribution in [2.45, 2.75) is 126 Å². The number of benzene rings is 1. The maximum Gasteiger partial charge on any atom is 0.408 e. The largest absolute Gasteiger partial charge is 0.492 e. The Morgan fingerprint density at radius 1 is 1.04 bits per heavy atom. The molecule has 57 heavy (non-hydrogen) atoms. The Kier molecular flexibility index (Phi) is 11.8. The Morgan fingerprint density at radius 2 is 1.84 bits per heavy atom. The van der Waals surface area contributed by atoms with Crippen LogP contribution in [0.4, 0.5) is 4.79 Å². The molecule has 0 spiro atoms. The molecule has 1 aromatic heterocycles. The highest BCUT2D eigenvalue weighted by molar-refractivity contribution is 5.94. The number of aromatic nitrogens is 1. The molecule has 0 unspecified atom stereocenters. The van der Waals surface area contributed by atoms with Gasteiger partial charge in [0.1, 0.15) is 54.9 Å². The van der Waals surface area contributed by atoms with Crippen LogP contribution in [0.2, 0.25) is 0 Å². The normalized spacial score (nSPS) is 30.6. The van der Waals surface area contributed by atoms with Crippen molar-refractivity contribution in [3.05, 3.63) is 42.5 Å². The van der Waals surface area contributed by atoms with Gasteiger partial charge in [-0.15, -0.1) is 6.58 Å². The molecule has 7 atom stereocenters. The van der Waals surface area contributed by atoms with Gasteiger partial charge in [0.2, 0.25) is 17.7 Å². The Balaban J connectivity index is 1.13. The minimum atomic E-state index is -1.04. The van der Waals surface area contributed by atoms with E-state index in [4.69, 9.17) is 19.2 Å². The number of rotatable bonds is 10. The molecule has 4 heterocycles. The zero-order valence-electron chi connectivity index (χ0n) is 32.9. The summed E-state index contributed by atoms with van der Waals surface area (Å²) in [6.07, 6.45) is 15.1. The number of nitrogens with one attached hydrogen (secondary N) is 3. The van der Waals surface area contributed by atoms with Crippen LogP contribution < -0.4 is 25.5 Å². The van der Waals surface area contributed by atoms with Crippen LogP contribution >= 0.6 is 0 Å². The van der Waals surface area contributed by atoms with Crippen molar-refractivity contribution < 1.29 is 33.4 Å². The SMILES string of the molecule is C=C[C@@H]1C[C@@]1(C=O)NC(=O)[C@@H]1C[C@@H]2CN1C(=O)[C@H](C1CCCC1)NC(=O)O[C@@H]1CCC[C@H]1CCCCCc1c(nc3ccccc3c1OCCCN1C=NNC1)O2. The molecule has 306 valence electrons. The minimum absolute atomic E-state index is 0.0870. The van der Waals surface area contributed by atoms with E-state index in [0.717, 1.165) is 112 Å². The number of alkyl carbamates (subject to hydrolysis) is 1. The van der Waals surface area contributed by atoms with Gasteiger partial charge in [-0.3, -0.25) is 15.0 Å². The minimum Gasteiger partial charge on any atom is -0.492 e. The Morgan fingerprint density at radius 3 is 2.63 bits per heavy atom. The monoisotopic (exact) mass is 783 g/mol. The average molecular weight is 784 g/mol. The van der Waals surface area contributed by atoms with E-state index < -0.39 is 35.7 Å². The van der Waals surface area contributed by atoms with Crippen LogP contribution in [-0.4, -0.2) is 102 Å². The number of aldehydes is 1. The van der Waals surface area contributed by atoms with Crippen molar-refractivity contribution in [1.29, 1.82) is 0 Å². The molecule has 3 amide bonds. The fourth-order valence-electron chi connectivity index (χ4n) is 9.83. The van der Waals surface area contributed by atoms with E-state index in [9.17, 15) is 19.2 Å². The molecule has 4 fully saturated rings. The summed E-state index contributed by atoms with van der Waals surface area (Å²) < 4.78 is 19.6. The van der Waals surface area contributed by atoms with Crippen LogP contribution in [0.3, 0.4) is 0 Å². The van der Waals surface area contributed by atoms with Gasteiger partial charge in [0.05, 0.1) is 24.2 Å². The predicted octanol–water partition coefficient (Wildman–Crippen LogP) is 4.99. The number of ether oxygens (including phenoxy) is 3. The first kappa shape index (κ1) is 39.0. The standard InChI is InChI=1S/C43H57N7O7/c1-2-30-23-43(30,25-51)48-39(52)35-22-31-24-50(35)41(53)37(29-13-6-7-14-29)47-42(54)57-36-19-10-15-28(36)12-4-3-5-17-33-38(55-21-11-20-49-26-44-45-27-49)32-16-8-9-18-34(32)46-40(33)56-31/h2,8-9,16,18,25-26,28-31,35-37,45H,1,3-7,10-15,17,19-24,27H2,(H,47,54)(H,48,52)/t28-,30-,31-,35+,36-,37+,43+/m1/s1. The number of hydrogen-bond acceptors (Lipinski definition) is 11. The van der Waals surface area contributed by atoms with E-state index in [1.54, 1.807) is 17.3 Å². The molecule has 2 bridgehead atoms. The molecular formula is C43H57N7O7. The number of nitrogens with zero attached hydrogens (tertiary/aromatic N) is 4. The molecule has 3 N–H and O–H groups in total. The number of pyridine rings is 1. The lowest BCUT2D eigenvalue weighted by atomic mass is 9.96. The van der Waals surface area contributed by atoms with Crippen LogP contribution in [0.25, 0.3) is 10.9 Å². The van der Waals surface area contributed by atoms with Gasteiger partial charge in [-0.1, -0.05) is 43.9 Å². The molecular weight excluding hydrogens is 727 g/mol. The average Bonchev–Trinajstić information content (AvgIpc) is 3.87. The lowest BCUT2D eigenvalue weighted by Crippen LogP contribution is -2.57. The van der Waals surface area contributed by atoms with Crippen molar-refractivity contribution in [2.75, 3.05) is 26.4 Å². The van der Waals surface area contributed by atoms with Crippen molar-refractivity contribution in [3.63, 3.8) is 0 Å². The van der Waals surface area contributed by atoms with Crippen LogP contribution in [0, 0.1) is 17.8 Å². The van der Waals surface area contributed by atoms with Gasteiger partial charge in [-0.25, -0.2) is 9.78 Å². The molecule has 3 saturated carbocycles. The van der Waals surface area contributed by atoms with E-state index in [1.807, 2.05) is 24.3 Å². The van der Waals surface area contributed by atoms with Gasteiger partial charge in [0, 0.05) is 24.3 Å². The van der Waals surface area contributed by atoms with Crippen molar-refractivity contribution >= 4 is 41.4 Å². The summed E-state index contributed by atoms with van der Waals surface area (Å²) in [5, 5.41) is 11.0. The number of hydrazone groups is 1. The molecule has 1 saturated heterocycles. The summed E-state index contributed by atoms with van der Waals surface area (Å²) in [4.78, 5) is 63.7. The highest BCUT2D eigenvalue weighted by Crippen LogP contribution is 2.43. The summed E-state index contributed by atoms with van der Waals surface area (Å²) in [5.74, 6) is 0.448. The Bertz CT molecular complexity index is 1850. The molecule has 3 aliphatic heterocycles. The number of para-hydroxylation sites is 1. The van der Waals surface area contributed by atoms with Crippen molar-refractivity contribution in [3.8, 4) is 11.6 Å². The van der Waals surface area contributed by atoms with Crippen LogP contribution in [0.5, 0.6) is 11.6 Å². The first-order chi connectivity index (χ1) is 27.9. The third-order valence-corrected chi connectivity index (χ3v) is 13.1. The first-order valence-electron chi connectivity index (χ1n) is 21.3. The fraction of sp³-hybridized carbons (Fsp3) is 0.628. The van der Waals surface area contributed by atoms with E-state index in [0.29, 0.717) is 32.0 Å². The summed E-state index contributed by atoms with van der Waals surface area (Å²) in [6.45, 7) is 5.90. The Hall–Kier alpha value is -4.88. The van der Waals surface area contributed by atoms with Crippen molar-refractivity contribution in [1.82, 2.24) is 30.8 Å². The van der Waals surface area contributed by atoms with Crippen LogP contribution in [0.15, 0.2) is 42.0 Å². The number of carbonyl (C=O) groups excluding carboxylic acids is 4. The summed E-state index contributed by atoms with van der Waals surface area (Å²) in [5.41, 5.74) is 3.54. The number of hydrogen-bond donors (Lipinski definition) is 3. The lowest BCUT2D eigenvalue weighted by Gasteiger charge is -2.32.